The van der Waals surface area contributed by atoms with Crippen LogP contribution in [0.2, 0.25) is 0 Å². The Labute approximate surface area is 110 Å². The summed E-state index contributed by atoms with van der Waals surface area (Å²) in [5.74, 6) is 0.839. The predicted octanol–water partition coefficient (Wildman–Crippen LogP) is 2.75. The molecule has 0 amide bonds. The first-order valence-corrected chi connectivity index (χ1v) is 7.38. The fourth-order valence-corrected chi connectivity index (χ4v) is 3.38. The Morgan fingerprint density at radius 2 is 2.28 bits per heavy atom. The van der Waals surface area contributed by atoms with E-state index >= 15 is 0 Å². The third-order valence-electron chi connectivity index (χ3n) is 4.33. The molecule has 0 bridgehead atoms. The van der Waals surface area contributed by atoms with Crippen molar-refractivity contribution in [3.8, 4) is 0 Å². The second-order valence-electron chi connectivity index (χ2n) is 5.89. The molecule has 0 radical (unpaired) electrons. The first-order chi connectivity index (χ1) is 8.83. The molecular weight excluding hydrogens is 220 g/mol. The van der Waals surface area contributed by atoms with Gasteiger partial charge in [0.05, 0.1) is 0 Å². The van der Waals surface area contributed by atoms with Gasteiger partial charge in [0.15, 0.2) is 0 Å². The van der Waals surface area contributed by atoms with E-state index in [2.05, 4.69) is 35.3 Å². The normalized spacial score (nSPS) is 23.8. The Hall–Kier alpha value is -1.02. The average Bonchev–Trinajstić information content (AvgIpc) is 2.40. The number of hydrogen-bond donors (Lipinski definition) is 1. The Bertz CT molecular complexity index is 408. The Morgan fingerprint density at radius 1 is 1.33 bits per heavy atom. The van der Waals surface area contributed by atoms with Crippen molar-refractivity contribution in [1.82, 2.24) is 5.32 Å². The number of rotatable bonds is 2. The van der Waals surface area contributed by atoms with E-state index in [1.807, 2.05) is 0 Å². The van der Waals surface area contributed by atoms with Gasteiger partial charge in [-0.25, -0.2) is 0 Å². The zero-order chi connectivity index (χ0) is 12.4. The third-order valence-corrected chi connectivity index (χ3v) is 4.33. The maximum atomic E-state index is 3.53. The van der Waals surface area contributed by atoms with Crippen LogP contribution >= 0.6 is 0 Å². The Balaban J connectivity index is 1.74. The summed E-state index contributed by atoms with van der Waals surface area (Å²) < 4.78 is 0. The molecule has 0 aliphatic carbocycles. The molecular formula is C16H24N2. The van der Waals surface area contributed by atoms with Gasteiger partial charge in [0, 0.05) is 18.8 Å². The van der Waals surface area contributed by atoms with E-state index in [0.717, 1.165) is 5.92 Å². The van der Waals surface area contributed by atoms with Crippen LogP contribution in [0.3, 0.4) is 0 Å². The molecule has 3 rings (SSSR count). The molecule has 0 spiro atoms. The highest BCUT2D eigenvalue weighted by Gasteiger charge is 2.21. The largest absolute Gasteiger partial charge is 0.371 e. The summed E-state index contributed by atoms with van der Waals surface area (Å²) in [5.41, 5.74) is 4.46. The standard InChI is InChI=1S/C16H24N2/c1-13-6-7-16-15(10-13)5-3-9-18(16)12-14-4-2-8-17-11-14/h6-7,10,14,17H,2-5,8-9,11-12H2,1H3/t14-/m0/s1. The van der Waals surface area contributed by atoms with Crippen molar-refractivity contribution in [2.24, 2.45) is 5.92 Å². The summed E-state index contributed by atoms with van der Waals surface area (Å²) >= 11 is 0. The van der Waals surface area contributed by atoms with Crippen molar-refractivity contribution in [3.05, 3.63) is 29.3 Å². The quantitative estimate of drug-likeness (QED) is 0.860. The molecule has 2 nitrogen and oxygen atoms in total. The molecule has 18 heavy (non-hydrogen) atoms. The van der Waals surface area contributed by atoms with Crippen LogP contribution in [-0.2, 0) is 6.42 Å². The number of hydrogen-bond acceptors (Lipinski definition) is 2. The lowest BCUT2D eigenvalue weighted by Gasteiger charge is -2.35. The topological polar surface area (TPSA) is 15.3 Å². The molecule has 1 N–H and O–H groups in total. The van der Waals surface area contributed by atoms with Crippen molar-refractivity contribution in [2.75, 3.05) is 31.1 Å². The third kappa shape index (κ3) is 2.54. The molecule has 1 aromatic rings. The molecule has 0 unspecified atom stereocenters. The minimum atomic E-state index is 0.839. The van der Waals surface area contributed by atoms with Gasteiger partial charge in [0.25, 0.3) is 0 Å². The van der Waals surface area contributed by atoms with Gasteiger partial charge in [-0.05, 0) is 63.2 Å². The molecule has 2 aliphatic heterocycles. The summed E-state index contributed by atoms with van der Waals surface area (Å²) in [4.78, 5) is 2.62. The first kappa shape index (κ1) is 12.0. The molecule has 1 saturated heterocycles. The number of fused-ring (bicyclic) bond motifs is 1. The summed E-state index contributed by atoms with van der Waals surface area (Å²) in [7, 11) is 0. The lowest BCUT2D eigenvalue weighted by Crippen LogP contribution is -2.40. The van der Waals surface area contributed by atoms with Gasteiger partial charge in [-0.3, -0.25) is 0 Å². The van der Waals surface area contributed by atoms with Crippen LogP contribution in [-0.4, -0.2) is 26.2 Å². The van der Waals surface area contributed by atoms with Gasteiger partial charge in [-0.1, -0.05) is 17.7 Å². The van der Waals surface area contributed by atoms with E-state index in [-0.39, 0.29) is 0 Å². The van der Waals surface area contributed by atoms with Crippen LogP contribution in [0.25, 0.3) is 0 Å². The highest BCUT2D eigenvalue weighted by molar-refractivity contribution is 5.56. The molecule has 0 aromatic heterocycles. The maximum Gasteiger partial charge on any atom is 0.0399 e. The van der Waals surface area contributed by atoms with Crippen LogP contribution in [0, 0.1) is 12.8 Å². The molecule has 1 atom stereocenters. The second-order valence-corrected chi connectivity index (χ2v) is 5.89. The van der Waals surface area contributed by atoms with E-state index < -0.39 is 0 Å². The van der Waals surface area contributed by atoms with Crippen molar-refractivity contribution >= 4 is 5.69 Å². The molecule has 1 fully saturated rings. The number of nitrogens with one attached hydrogen (secondary N) is 1. The summed E-state index contributed by atoms with van der Waals surface area (Å²) in [6.45, 7) is 7.10. The number of aryl methyl sites for hydroxylation is 2. The summed E-state index contributed by atoms with van der Waals surface area (Å²) in [6.07, 6.45) is 5.32. The fraction of sp³-hybridized carbons (Fsp3) is 0.625. The van der Waals surface area contributed by atoms with Gasteiger partial charge < -0.3 is 10.2 Å². The number of anilines is 1. The lowest BCUT2D eigenvalue weighted by atomic mass is 9.95. The minimum Gasteiger partial charge on any atom is -0.371 e. The Kier molecular flexibility index (Phi) is 3.55. The molecule has 2 heteroatoms. The highest BCUT2D eigenvalue weighted by atomic mass is 15.1. The van der Waals surface area contributed by atoms with Crippen molar-refractivity contribution in [3.63, 3.8) is 0 Å². The molecule has 2 heterocycles. The van der Waals surface area contributed by atoms with Crippen molar-refractivity contribution < 1.29 is 0 Å². The molecule has 1 aromatic carbocycles. The number of benzene rings is 1. The highest BCUT2D eigenvalue weighted by Crippen LogP contribution is 2.29. The van der Waals surface area contributed by atoms with E-state index in [1.54, 1.807) is 5.56 Å². The fourth-order valence-electron chi connectivity index (χ4n) is 3.38. The summed E-state index contributed by atoms with van der Waals surface area (Å²) in [5, 5.41) is 3.53. The molecule has 2 aliphatic rings. The van der Waals surface area contributed by atoms with Gasteiger partial charge in [-0.2, -0.15) is 0 Å². The van der Waals surface area contributed by atoms with Crippen LogP contribution < -0.4 is 10.2 Å². The van der Waals surface area contributed by atoms with E-state index in [9.17, 15) is 0 Å². The smallest absolute Gasteiger partial charge is 0.0399 e. The van der Waals surface area contributed by atoms with Crippen molar-refractivity contribution in [2.45, 2.75) is 32.6 Å². The maximum absolute atomic E-state index is 3.53. The van der Waals surface area contributed by atoms with Crippen LogP contribution in [0.1, 0.15) is 30.4 Å². The first-order valence-electron chi connectivity index (χ1n) is 7.38. The van der Waals surface area contributed by atoms with Gasteiger partial charge >= 0.3 is 0 Å². The Morgan fingerprint density at radius 3 is 3.11 bits per heavy atom. The van der Waals surface area contributed by atoms with E-state index in [4.69, 9.17) is 0 Å². The zero-order valence-electron chi connectivity index (χ0n) is 11.4. The SMILES string of the molecule is Cc1ccc2c(c1)CCCN2C[C@H]1CCCNC1. The molecule has 98 valence electrons. The van der Waals surface area contributed by atoms with Crippen LogP contribution in [0.4, 0.5) is 5.69 Å². The number of nitrogens with zero attached hydrogens (tertiary/aromatic N) is 1. The van der Waals surface area contributed by atoms with E-state index in [1.165, 1.54) is 63.1 Å². The number of piperidine rings is 1. The zero-order valence-corrected chi connectivity index (χ0v) is 11.4. The van der Waals surface area contributed by atoms with Gasteiger partial charge in [0.1, 0.15) is 0 Å². The average molecular weight is 244 g/mol. The minimum absolute atomic E-state index is 0.839. The lowest BCUT2D eigenvalue weighted by molar-refractivity contribution is 0.374. The second kappa shape index (κ2) is 5.31. The van der Waals surface area contributed by atoms with Crippen molar-refractivity contribution in [1.29, 1.82) is 0 Å². The monoisotopic (exact) mass is 244 g/mol. The van der Waals surface area contributed by atoms with Gasteiger partial charge in [-0.15, -0.1) is 0 Å². The van der Waals surface area contributed by atoms with E-state index in [0.29, 0.717) is 0 Å². The van der Waals surface area contributed by atoms with Gasteiger partial charge in [0.2, 0.25) is 0 Å². The predicted molar refractivity (Wildman–Crippen MR) is 77.3 cm³/mol. The van der Waals surface area contributed by atoms with Crippen LogP contribution in [0.15, 0.2) is 18.2 Å². The molecule has 0 saturated carbocycles. The summed E-state index contributed by atoms with van der Waals surface area (Å²) in [6, 6.07) is 6.97. The van der Waals surface area contributed by atoms with Crippen LogP contribution in [0.5, 0.6) is 0 Å².